The van der Waals surface area contributed by atoms with Gasteiger partial charge in [0.2, 0.25) is 0 Å². The molecule has 28 heavy (non-hydrogen) atoms. The first kappa shape index (κ1) is 18.3. The van der Waals surface area contributed by atoms with E-state index in [-0.39, 0.29) is 5.91 Å². The molecule has 140 valence electrons. The third kappa shape index (κ3) is 3.80. The van der Waals surface area contributed by atoms with Crippen LogP contribution in [0.15, 0.2) is 60.8 Å². The average Bonchev–Trinajstić information content (AvgIpc) is 3.07. The Bertz CT molecular complexity index is 1150. The summed E-state index contributed by atoms with van der Waals surface area (Å²) < 4.78 is 1.12. The number of fused-ring (bicyclic) bond motifs is 1. The summed E-state index contributed by atoms with van der Waals surface area (Å²) in [5.74, 6) is 0.283. The van der Waals surface area contributed by atoms with Crippen LogP contribution in [0.25, 0.3) is 21.5 Å². The molecule has 0 fully saturated rings. The molecule has 4 aromatic rings. The Morgan fingerprint density at radius 1 is 1.07 bits per heavy atom. The lowest BCUT2D eigenvalue weighted by Crippen LogP contribution is -2.12. The second-order valence-corrected chi connectivity index (χ2v) is 8.32. The minimum absolute atomic E-state index is 0.179. The van der Waals surface area contributed by atoms with Crippen molar-refractivity contribution in [3.63, 3.8) is 0 Å². The minimum atomic E-state index is -0.179. The molecule has 1 amide bonds. The molecule has 0 saturated carbocycles. The summed E-state index contributed by atoms with van der Waals surface area (Å²) in [4.78, 5) is 21.5. The van der Waals surface area contributed by atoms with E-state index in [0.29, 0.717) is 11.5 Å². The fourth-order valence-electron chi connectivity index (χ4n) is 3.08. The van der Waals surface area contributed by atoms with E-state index in [0.717, 1.165) is 32.2 Å². The van der Waals surface area contributed by atoms with Gasteiger partial charge in [0.15, 0.2) is 0 Å². The van der Waals surface area contributed by atoms with Crippen molar-refractivity contribution in [1.82, 2.24) is 9.97 Å². The lowest BCUT2D eigenvalue weighted by molar-refractivity contribution is 0.102. The van der Waals surface area contributed by atoms with Crippen molar-refractivity contribution in [2.75, 3.05) is 5.32 Å². The summed E-state index contributed by atoms with van der Waals surface area (Å²) in [6, 6.07) is 17.8. The number of nitrogens with one attached hydrogen (secondary N) is 1. The van der Waals surface area contributed by atoms with Gasteiger partial charge in [0.05, 0.1) is 26.5 Å². The highest BCUT2D eigenvalue weighted by Gasteiger charge is 2.10. The summed E-state index contributed by atoms with van der Waals surface area (Å²) in [5, 5.41) is 3.94. The van der Waals surface area contributed by atoms with Crippen molar-refractivity contribution in [1.29, 1.82) is 0 Å². The molecule has 0 radical (unpaired) electrons. The van der Waals surface area contributed by atoms with Crippen LogP contribution in [0.4, 0.5) is 5.69 Å². The predicted molar refractivity (Wildman–Crippen MR) is 116 cm³/mol. The highest BCUT2D eigenvalue weighted by molar-refractivity contribution is 7.18. The van der Waals surface area contributed by atoms with Crippen LogP contribution < -0.4 is 5.32 Å². The molecule has 2 aromatic carbocycles. The normalized spacial score (nSPS) is 11.1. The highest BCUT2D eigenvalue weighted by atomic mass is 32.1. The second kappa shape index (κ2) is 7.52. The molecule has 2 aromatic heterocycles. The second-order valence-electron chi connectivity index (χ2n) is 7.08. The van der Waals surface area contributed by atoms with Gasteiger partial charge in [-0.25, -0.2) is 4.98 Å². The summed E-state index contributed by atoms with van der Waals surface area (Å²) in [6.45, 7) is 6.32. The molecule has 0 aliphatic heterocycles. The number of hydrogen-bond donors (Lipinski definition) is 1. The van der Waals surface area contributed by atoms with Gasteiger partial charge in [0.1, 0.15) is 0 Å². The van der Waals surface area contributed by atoms with E-state index in [2.05, 4.69) is 41.3 Å². The van der Waals surface area contributed by atoms with Gasteiger partial charge in [0.25, 0.3) is 5.91 Å². The fourth-order valence-corrected chi connectivity index (χ4v) is 3.89. The maximum atomic E-state index is 12.6. The predicted octanol–water partition coefficient (Wildman–Crippen LogP) is 6.04. The van der Waals surface area contributed by atoms with Crippen LogP contribution in [0.3, 0.4) is 0 Å². The van der Waals surface area contributed by atoms with Crippen LogP contribution >= 0.6 is 11.3 Å². The zero-order chi connectivity index (χ0) is 19.7. The summed E-state index contributed by atoms with van der Waals surface area (Å²) >= 11 is 1.64. The maximum absolute atomic E-state index is 12.6. The van der Waals surface area contributed by atoms with Gasteiger partial charge in [-0.1, -0.05) is 32.0 Å². The number of aromatic nitrogens is 2. The molecular weight excluding hydrogens is 366 g/mol. The first-order valence-corrected chi connectivity index (χ1v) is 10.1. The van der Waals surface area contributed by atoms with Crippen molar-refractivity contribution >= 4 is 33.1 Å². The molecular formula is C23H21N3OS. The Morgan fingerprint density at radius 2 is 1.93 bits per heavy atom. The van der Waals surface area contributed by atoms with E-state index in [1.807, 2.05) is 49.4 Å². The number of pyridine rings is 1. The van der Waals surface area contributed by atoms with Gasteiger partial charge in [-0.15, -0.1) is 11.3 Å². The van der Waals surface area contributed by atoms with Gasteiger partial charge in [-0.3, -0.25) is 9.78 Å². The smallest absolute Gasteiger partial charge is 0.257 e. The minimum Gasteiger partial charge on any atom is -0.322 e. The molecule has 5 heteroatoms. The number of rotatable bonds is 4. The topological polar surface area (TPSA) is 54.9 Å². The van der Waals surface area contributed by atoms with E-state index in [4.69, 9.17) is 0 Å². The van der Waals surface area contributed by atoms with Crippen LogP contribution in [-0.2, 0) is 0 Å². The molecule has 2 heterocycles. The Morgan fingerprint density at radius 3 is 2.68 bits per heavy atom. The number of benzene rings is 2. The van der Waals surface area contributed by atoms with E-state index in [9.17, 15) is 4.79 Å². The molecule has 0 spiro atoms. The number of aryl methyl sites for hydroxylation is 1. The number of hydrogen-bond acceptors (Lipinski definition) is 4. The first-order chi connectivity index (χ1) is 13.5. The van der Waals surface area contributed by atoms with Gasteiger partial charge < -0.3 is 5.32 Å². The number of anilines is 1. The van der Waals surface area contributed by atoms with E-state index in [1.165, 1.54) is 5.56 Å². The molecule has 4 nitrogen and oxygen atoms in total. The molecule has 0 bridgehead atoms. The van der Waals surface area contributed by atoms with Crippen LogP contribution in [0.2, 0.25) is 0 Å². The number of carbonyl (C=O) groups excluding carboxylic acids is 1. The molecule has 0 aliphatic rings. The van der Waals surface area contributed by atoms with Gasteiger partial charge >= 0.3 is 0 Å². The largest absolute Gasteiger partial charge is 0.322 e. The zero-order valence-electron chi connectivity index (χ0n) is 16.1. The average molecular weight is 388 g/mol. The SMILES string of the molecule is Cc1nc2cc(NC(=O)c3ccc(-c4cccc(C(C)C)c4)nc3)ccc2s1. The lowest BCUT2D eigenvalue weighted by atomic mass is 9.99. The lowest BCUT2D eigenvalue weighted by Gasteiger charge is -2.09. The van der Waals surface area contributed by atoms with E-state index in [1.54, 1.807) is 17.5 Å². The quantitative estimate of drug-likeness (QED) is 0.464. The maximum Gasteiger partial charge on any atom is 0.257 e. The Balaban J connectivity index is 1.52. The molecule has 0 saturated heterocycles. The van der Waals surface area contributed by atoms with Crippen molar-refractivity contribution in [2.24, 2.45) is 0 Å². The first-order valence-electron chi connectivity index (χ1n) is 9.24. The van der Waals surface area contributed by atoms with Crippen molar-refractivity contribution in [2.45, 2.75) is 26.7 Å². The Hall–Kier alpha value is -3.05. The zero-order valence-corrected chi connectivity index (χ0v) is 16.9. The molecule has 0 aliphatic carbocycles. The van der Waals surface area contributed by atoms with E-state index >= 15 is 0 Å². The Kier molecular flexibility index (Phi) is 4.92. The number of thiazole rings is 1. The fraction of sp³-hybridized carbons (Fsp3) is 0.174. The molecule has 4 rings (SSSR count). The highest BCUT2D eigenvalue weighted by Crippen LogP contribution is 2.25. The molecule has 0 atom stereocenters. The van der Waals surface area contributed by atoms with Gasteiger partial charge in [-0.2, -0.15) is 0 Å². The van der Waals surface area contributed by atoms with Gasteiger partial charge in [-0.05, 0) is 54.8 Å². The number of amides is 1. The Labute approximate surface area is 168 Å². The molecule has 1 N–H and O–H groups in total. The number of carbonyl (C=O) groups is 1. The van der Waals surface area contributed by atoms with E-state index < -0.39 is 0 Å². The summed E-state index contributed by atoms with van der Waals surface area (Å²) in [6.07, 6.45) is 1.62. The summed E-state index contributed by atoms with van der Waals surface area (Å²) in [7, 11) is 0. The third-order valence-corrected chi connectivity index (χ3v) is 5.58. The molecule has 0 unspecified atom stereocenters. The van der Waals surface area contributed by atoms with Crippen LogP contribution in [0, 0.1) is 6.92 Å². The standard InChI is InChI=1S/C23H21N3OS/c1-14(2)16-5-4-6-17(11-16)20-9-7-18(13-24-20)23(27)26-19-8-10-22-21(12-19)25-15(3)28-22/h4-14H,1-3H3,(H,26,27). The monoisotopic (exact) mass is 387 g/mol. The van der Waals surface area contributed by atoms with Gasteiger partial charge in [0, 0.05) is 17.4 Å². The van der Waals surface area contributed by atoms with Crippen molar-refractivity contribution < 1.29 is 4.79 Å². The van der Waals surface area contributed by atoms with Crippen LogP contribution in [-0.4, -0.2) is 15.9 Å². The number of nitrogens with zero attached hydrogens (tertiary/aromatic N) is 2. The van der Waals surface area contributed by atoms with Crippen LogP contribution in [0.1, 0.15) is 40.7 Å². The third-order valence-electron chi connectivity index (χ3n) is 4.63. The van der Waals surface area contributed by atoms with Crippen LogP contribution in [0.5, 0.6) is 0 Å². The van der Waals surface area contributed by atoms with Crippen molar-refractivity contribution in [3.05, 3.63) is 76.9 Å². The van der Waals surface area contributed by atoms with Crippen molar-refractivity contribution in [3.8, 4) is 11.3 Å². The summed E-state index contributed by atoms with van der Waals surface area (Å²) in [5.41, 5.74) is 5.35.